The second kappa shape index (κ2) is 9.13. The first kappa shape index (κ1) is 22.0. The maximum atomic E-state index is 13.6. The monoisotopic (exact) mass is 440 g/mol. The zero-order chi connectivity index (χ0) is 22.8. The van der Waals surface area contributed by atoms with Crippen molar-refractivity contribution in [3.63, 3.8) is 0 Å². The quantitative estimate of drug-likeness (QED) is 0.432. The molecule has 0 aliphatic carbocycles. The van der Waals surface area contributed by atoms with Gasteiger partial charge in [-0.15, -0.1) is 0 Å². The number of halogens is 1. The van der Waals surface area contributed by atoms with Crippen LogP contribution in [0, 0.1) is 19.7 Å². The average molecular weight is 440 g/mol. The van der Waals surface area contributed by atoms with Crippen molar-refractivity contribution in [3.8, 4) is 0 Å². The number of ether oxygens (including phenoxy) is 1. The molecule has 1 atom stereocenters. The van der Waals surface area contributed by atoms with Crippen LogP contribution in [0.15, 0.2) is 36.0 Å². The highest BCUT2D eigenvalue weighted by molar-refractivity contribution is 6.46. The summed E-state index contributed by atoms with van der Waals surface area (Å²) in [4.78, 5) is 38.0. The van der Waals surface area contributed by atoms with E-state index >= 15 is 0 Å². The molecule has 4 rings (SSSR count). The van der Waals surface area contributed by atoms with E-state index in [0.29, 0.717) is 36.8 Å². The van der Waals surface area contributed by atoms with E-state index in [-0.39, 0.29) is 23.4 Å². The molecule has 2 aromatic rings. The second-order valence-corrected chi connectivity index (χ2v) is 7.91. The number of carbonyl (C=O) groups is 2. The number of aromatic nitrogens is 2. The van der Waals surface area contributed by atoms with Crippen LogP contribution in [0.2, 0.25) is 0 Å². The van der Waals surface area contributed by atoms with Crippen LogP contribution in [0.5, 0.6) is 0 Å². The molecule has 168 valence electrons. The molecule has 2 aliphatic heterocycles. The van der Waals surface area contributed by atoms with Gasteiger partial charge in [0, 0.05) is 32.4 Å². The number of hydrogen-bond acceptors (Lipinski definition) is 7. The average Bonchev–Trinajstić information content (AvgIpc) is 3.03. The number of ketones is 1. The lowest BCUT2D eigenvalue weighted by molar-refractivity contribution is -0.140. The number of aryl methyl sites for hydroxylation is 2. The number of benzene rings is 1. The third-order valence-corrected chi connectivity index (χ3v) is 5.84. The molecule has 32 heavy (non-hydrogen) atoms. The van der Waals surface area contributed by atoms with Gasteiger partial charge in [0.25, 0.3) is 11.7 Å². The van der Waals surface area contributed by atoms with Gasteiger partial charge >= 0.3 is 0 Å². The van der Waals surface area contributed by atoms with Gasteiger partial charge in [0.2, 0.25) is 0 Å². The van der Waals surface area contributed by atoms with Crippen molar-refractivity contribution in [2.24, 2.45) is 0 Å². The normalized spacial score (nSPS) is 21.3. The van der Waals surface area contributed by atoms with E-state index in [1.807, 2.05) is 0 Å². The van der Waals surface area contributed by atoms with Gasteiger partial charge in [-0.1, -0.05) is 12.1 Å². The van der Waals surface area contributed by atoms with Crippen LogP contribution in [-0.4, -0.2) is 76.0 Å². The number of hydrogen-bond donors (Lipinski definition) is 1. The second-order valence-electron chi connectivity index (χ2n) is 7.91. The first-order valence-corrected chi connectivity index (χ1v) is 10.5. The van der Waals surface area contributed by atoms with Gasteiger partial charge in [0.05, 0.1) is 36.1 Å². The maximum absolute atomic E-state index is 13.6. The first-order chi connectivity index (χ1) is 15.4. The van der Waals surface area contributed by atoms with Crippen molar-refractivity contribution in [2.75, 3.05) is 39.4 Å². The van der Waals surface area contributed by atoms with Crippen LogP contribution in [-0.2, 0) is 14.3 Å². The fourth-order valence-corrected chi connectivity index (χ4v) is 4.14. The van der Waals surface area contributed by atoms with Crippen molar-refractivity contribution >= 4 is 17.4 Å². The molecule has 1 amide bonds. The number of likely N-dealkylation sites (tertiary alicyclic amines) is 1. The minimum absolute atomic E-state index is 0.0425. The molecule has 0 saturated carbocycles. The predicted octanol–water partition coefficient (Wildman–Crippen LogP) is 1.99. The van der Waals surface area contributed by atoms with E-state index in [4.69, 9.17) is 4.74 Å². The number of nitrogens with zero attached hydrogens (tertiary/aromatic N) is 4. The number of aliphatic hydroxyl groups excluding tert-OH is 1. The van der Waals surface area contributed by atoms with Crippen LogP contribution >= 0.6 is 0 Å². The zero-order valence-electron chi connectivity index (χ0n) is 18.0. The first-order valence-electron chi connectivity index (χ1n) is 10.5. The van der Waals surface area contributed by atoms with E-state index in [1.165, 1.54) is 35.4 Å². The van der Waals surface area contributed by atoms with Crippen LogP contribution in [0.25, 0.3) is 5.76 Å². The Hall–Kier alpha value is -3.17. The molecule has 8 nitrogen and oxygen atoms in total. The molecule has 0 radical (unpaired) electrons. The summed E-state index contributed by atoms with van der Waals surface area (Å²) in [5.74, 6) is -1.70. The minimum atomic E-state index is -0.836. The van der Waals surface area contributed by atoms with E-state index in [0.717, 1.165) is 13.1 Å². The molecule has 1 aromatic carbocycles. The third kappa shape index (κ3) is 4.26. The van der Waals surface area contributed by atoms with Gasteiger partial charge in [0.1, 0.15) is 17.4 Å². The predicted molar refractivity (Wildman–Crippen MR) is 114 cm³/mol. The third-order valence-electron chi connectivity index (χ3n) is 5.84. The molecule has 0 unspecified atom stereocenters. The number of rotatable bonds is 5. The van der Waals surface area contributed by atoms with Crippen LogP contribution in [0.3, 0.4) is 0 Å². The highest BCUT2D eigenvalue weighted by Gasteiger charge is 2.46. The summed E-state index contributed by atoms with van der Waals surface area (Å²) in [6.07, 6.45) is 1.44. The number of aliphatic hydroxyl groups is 1. The molecular weight excluding hydrogens is 415 g/mol. The Balaban J connectivity index is 1.75. The van der Waals surface area contributed by atoms with Gasteiger partial charge in [-0.2, -0.15) is 0 Å². The lowest BCUT2D eigenvalue weighted by Gasteiger charge is -2.31. The zero-order valence-corrected chi connectivity index (χ0v) is 18.0. The molecule has 2 saturated heterocycles. The highest BCUT2D eigenvalue weighted by Crippen LogP contribution is 2.39. The van der Waals surface area contributed by atoms with Gasteiger partial charge < -0.3 is 14.7 Å². The summed E-state index contributed by atoms with van der Waals surface area (Å²) in [5, 5.41) is 11.1. The summed E-state index contributed by atoms with van der Waals surface area (Å²) >= 11 is 0. The molecule has 2 aliphatic rings. The van der Waals surface area contributed by atoms with Crippen molar-refractivity contribution < 1.29 is 23.8 Å². The Labute approximate surface area is 185 Å². The Kier molecular flexibility index (Phi) is 6.29. The van der Waals surface area contributed by atoms with Gasteiger partial charge in [-0.3, -0.25) is 14.5 Å². The molecule has 2 fully saturated rings. The fraction of sp³-hybridized carbons (Fsp3) is 0.391. The van der Waals surface area contributed by atoms with Gasteiger partial charge in [-0.25, -0.2) is 14.4 Å². The Morgan fingerprint density at radius 1 is 1.16 bits per heavy atom. The summed E-state index contributed by atoms with van der Waals surface area (Å²) in [6.45, 7) is 6.98. The number of amides is 1. The topological polar surface area (TPSA) is 95.9 Å². The highest BCUT2D eigenvalue weighted by atomic mass is 19.1. The Morgan fingerprint density at radius 2 is 1.84 bits per heavy atom. The van der Waals surface area contributed by atoms with E-state index in [1.54, 1.807) is 13.8 Å². The molecule has 1 N–H and O–H groups in total. The van der Waals surface area contributed by atoms with Crippen molar-refractivity contribution in [1.82, 2.24) is 19.8 Å². The Morgan fingerprint density at radius 3 is 2.50 bits per heavy atom. The van der Waals surface area contributed by atoms with E-state index < -0.39 is 23.5 Å². The Bertz CT molecular complexity index is 1060. The smallest absolute Gasteiger partial charge is 0.295 e. The standard InChI is InChI=1S/C23H25FN4O4/c1-14-18(13-25-15(2)26-14)21(29)19-20(16-3-5-17(24)6-4-16)28(23(31)22(19)30)8-7-27-9-11-32-12-10-27/h3-6,13,20,29H,7-12H2,1-2H3/t20-/m0/s1. The number of Topliss-reactive ketones (excluding diaryl/α,β-unsaturated/α-hetero) is 1. The van der Waals surface area contributed by atoms with Crippen molar-refractivity contribution in [1.29, 1.82) is 0 Å². The SMILES string of the molecule is Cc1ncc(C(O)=C2C(=O)C(=O)N(CCN3CCOCC3)[C@H]2c2ccc(F)cc2)c(C)n1. The van der Waals surface area contributed by atoms with Crippen LogP contribution < -0.4 is 0 Å². The van der Waals surface area contributed by atoms with Crippen LogP contribution in [0.1, 0.15) is 28.7 Å². The molecule has 0 spiro atoms. The van der Waals surface area contributed by atoms with Crippen molar-refractivity contribution in [2.45, 2.75) is 19.9 Å². The fourth-order valence-electron chi connectivity index (χ4n) is 4.14. The van der Waals surface area contributed by atoms with E-state index in [9.17, 15) is 19.1 Å². The largest absolute Gasteiger partial charge is 0.507 e. The maximum Gasteiger partial charge on any atom is 0.295 e. The summed E-state index contributed by atoms with van der Waals surface area (Å²) in [5.41, 5.74) is 1.28. The van der Waals surface area contributed by atoms with Crippen LogP contribution in [0.4, 0.5) is 4.39 Å². The van der Waals surface area contributed by atoms with Crippen molar-refractivity contribution in [3.05, 3.63) is 64.5 Å². The van der Waals surface area contributed by atoms with E-state index in [2.05, 4.69) is 14.9 Å². The molecule has 9 heteroatoms. The molecule has 3 heterocycles. The summed E-state index contributed by atoms with van der Waals surface area (Å²) in [6, 6.07) is 4.77. The summed E-state index contributed by atoms with van der Waals surface area (Å²) in [7, 11) is 0. The number of morpholine rings is 1. The van der Waals surface area contributed by atoms with Gasteiger partial charge in [-0.05, 0) is 31.5 Å². The summed E-state index contributed by atoms with van der Waals surface area (Å²) < 4.78 is 18.9. The lowest BCUT2D eigenvalue weighted by Crippen LogP contribution is -2.42. The molecule has 0 bridgehead atoms. The molecular formula is C23H25FN4O4. The van der Waals surface area contributed by atoms with Gasteiger partial charge in [0.15, 0.2) is 0 Å². The number of carbonyl (C=O) groups excluding carboxylic acids is 2. The molecule has 1 aromatic heterocycles. The lowest BCUT2D eigenvalue weighted by atomic mass is 9.95. The minimum Gasteiger partial charge on any atom is -0.507 e.